The lowest BCUT2D eigenvalue weighted by Gasteiger charge is -2.08. The van der Waals surface area contributed by atoms with Gasteiger partial charge in [-0.05, 0) is 32.9 Å². The molecule has 2 rings (SSSR count). The highest BCUT2D eigenvalue weighted by Crippen LogP contribution is 2.36. The molecule has 0 aliphatic rings. The Labute approximate surface area is 111 Å². The molecule has 0 fully saturated rings. The zero-order valence-corrected chi connectivity index (χ0v) is 11.8. The van der Waals surface area contributed by atoms with Crippen molar-refractivity contribution in [1.29, 1.82) is 0 Å². The number of thiazole rings is 1. The summed E-state index contributed by atoms with van der Waals surface area (Å²) in [5.41, 5.74) is 3.05. The average molecular weight is 263 g/mol. The lowest BCUT2D eigenvalue weighted by molar-refractivity contribution is 0.199. The molecule has 4 heteroatoms. The molecule has 0 spiro atoms. The second-order valence-corrected chi connectivity index (χ2v) is 5.57. The smallest absolute Gasteiger partial charge is 0.128 e. The van der Waals surface area contributed by atoms with E-state index in [-0.39, 0.29) is 0 Å². The number of aromatic nitrogens is 1. The van der Waals surface area contributed by atoms with Crippen LogP contribution in [0.25, 0.3) is 11.3 Å². The van der Waals surface area contributed by atoms with E-state index in [1.807, 2.05) is 26.0 Å². The first-order valence-electron chi connectivity index (χ1n) is 5.83. The molecule has 1 atom stereocenters. The van der Waals surface area contributed by atoms with Gasteiger partial charge in [0.05, 0.1) is 12.8 Å². The highest BCUT2D eigenvalue weighted by atomic mass is 32.1. The number of hydrogen-bond acceptors (Lipinski definition) is 4. The Morgan fingerprint density at radius 3 is 2.61 bits per heavy atom. The summed E-state index contributed by atoms with van der Waals surface area (Å²) in [7, 11) is 1.66. The van der Waals surface area contributed by atoms with Gasteiger partial charge in [0.1, 0.15) is 16.9 Å². The highest BCUT2D eigenvalue weighted by molar-refractivity contribution is 7.12. The summed E-state index contributed by atoms with van der Waals surface area (Å²) in [5.74, 6) is 0.811. The standard InChI is InChI=1S/C14H17NO2S/c1-8-5-6-12(17-4)11(7-8)13-10(3)18-14(15-13)9(2)16/h5-7,9,16H,1-4H3. The second kappa shape index (κ2) is 5.08. The topological polar surface area (TPSA) is 42.4 Å². The zero-order chi connectivity index (χ0) is 13.3. The van der Waals surface area contributed by atoms with Gasteiger partial charge >= 0.3 is 0 Å². The molecule has 0 saturated carbocycles. The summed E-state index contributed by atoms with van der Waals surface area (Å²) in [5, 5.41) is 10.3. The Hall–Kier alpha value is -1.39. The van der Waals surface area contributed by atoms with Crippen LogP contribution in [0.4, 0.5) is 0 Å². The van der Waals surface area contributed by atoms with Crippen LogP contribution in [-0.2, 0) is 0 Å². The van der Waals surface area contributed by atoms with E-state index in [1.165, 1.54) is 11.3 Å². The van der Waals surface area contributed by atoms with Crippen molar-refractivity contribution in [3.63, 3.8) is 0 Å². The summed E-state index contributed by atoms with van der Waals surface area (Å²) in [6, 6.07) is 6.03. The number of methoxy groups -OCH3 is 1. The summed E-state index contributed by atoms with van der Waals surface area (Å²) >= 11 is 1.53. The van der Waals surface area contributed by atoms with Crippen LogP contribution in [0, 0.1) is 13.8 Å². The first-order chi connectivity index (χ1) is 8.52. The van der Waals surface area contributed by atoms with Crippen molar-refractivity contribution in [3.05, 3.63) is 33.6 Å². The van der Waals surface area contributed by atoms with E-state index in [0.717, 1.165) is 32.5 Å². The number of benzene rings is 1. The van der Waals surface area contributed by atoms with Gasteiger partial charge in [0.2, 0.25) is 0 Å². The molecule has 0 radical (unpaired) electrons. The summed E-state index contributed by atoms with van der Waals surface area (Å²) in [6.07, 6.45) is -0.529. The molecule has 1 heterocycles. The van der Waals surface area contributed by atoms with Crippen molar-refractivity contribution >= 4 is 11.3 Å². The molecule has 0 aliphatic heterocycles. The minimum Gasteiger partial charge on any atom is -0.496 e. The third-order valence-electron chi connectivity index (χ3n) is 2.78. The Morgan fingerprint density at radius 2 is 2.06 bits per heavy atom. The van der Waals surface area contributed by atoms with Crippen molar-refractivity contribution in [1.82, 2.24) is 4.98 Å². The van der Waals surface area contributed by atoms with Crippen LogP contribution in [0.15, 0.2) is 18.2 Å². The molecule has 3 nitrogen and oxygen atoms in total. The van der Waals surface area contributed by atoms with Crippen molar-refractivity contribution in [2.24, 2.45) is 0 Å². The molecule has 1 aromatic carbocycles. The van der Waals surface area contributed by atoms with E-state index in [0.29, 0.717) is 0 Å². The van der Waals surface area contributed by atoms with Crippen molar-refractivity contribution in [2.45, 2.75) is 26.9 Å². The predicted octanol–water partition coefficient (Wildman–Crippen LogP) is 3.49. The van der Waals surface area contributed by atoms with Crippen LogP contribution in [0.3, 0.4) is 0 Å². The normalized spacial score (nSPS) is 12.5. The zero-order valence-electron chi connectivity index (χ0n) is 11.0. The largest absolute Gasteiger partial charge is 0.496 e. The minimum absolute atomic E-state index is 0.529. The van der Waals surface area contributed by atoms with Gasteiger partial charge in [0, 0.05) is 10.4 Å². The number of ether oxygens (including phenoxy) is 1. The number of aliphatic hydroxyl groups is 1. The lowest BCUT2D eigenvalue weighted by Crippen LogP contribution is -1.92. The molecule has 2 aromatic rings. The minimum atomic E-state index is -0.529. The fourth-order valence-corrected chi connectivity index (χ4v) is 2.73. The monoisotopic (exact) mass is 263 g/mol. The second-order valence-electron chi connectivity index (χ2n) is 4.34. The molecule has 0 saturated heterocycles. The van der Waals surface area contributed by atoms with Crippen LogP contribution in [0.2, 0.25) is 0 Å². The molecular weight excluding hydrogens is 246 g/mol. The number of hydrogen-bond donors (Lipinski definition) is 1. The number of nitrogens with zero attached hydrogens (tertiary/aromatic N) is 1. The average Bonchev–Trinajstić information content (AvgIpc) is 2.71. The van der Waals surface area contributed by atoms with Gasteiger partial charge in [-0.3, -0.25) is 0 Å². The first-order valence-corrected chi connectivity index (χ1v) is 6.65. The fraction of sp³-hybridized carbons (Fsp3) is 0.357. The van der Waals surface area contributed by atoms with Crippen molar-refractivity contribution < 1.29 is 9.84 Å². The molecule has 0 amide bonds. The maximum Gasteiger partial charge on any atom is 0.128 e. The Balaban J connectivity index is 2.57. The van der Waals surface area contributed by atoms with Gasteiger partial charge in [0.15, 0.2) is 0 Å². The maximum absolute atomic E-state index is 9.61. The quantitative estimate of drug-likeness (QED) is 0.921. The molecular formula is C14H17NO2S. The summed E-state index contributed by atoms with van der Waals surface area (Å²) in [6.45, 7) is 5.79. The highest BCUT2D eigenvalue weighted by Gasteiger charge is 2.16. The summed E-state index contributed by atoms with van der Waals surface area (Å²) < 4.78 is 5.38. The summed E-state index contributed by atoms with van der Waals surface area (Å²) in [4.78, 5) is 5.61. The van der Waals surface area contributed by atoms with Crippen molar-refractivity contribution in [2.75, 3.05) is 7.11 Å². The molecule has 1 N–H and O–H groups in total. The Bertz CT molecular complexity index is 561. The van der Waals surface area contributed by atoms with E-state index in [9.17, 15) is 5.11 Å². The Morgan fingerprint density at radius 1 is 1.33 bits per heavy atom. The maximum atomic E-state index is 9.61. The van der Waals surface area contributed by atoms with Crippen LogP contribution < -0.4 is 4.74 Å². The van der Waals surface area contributed by atoms with Gasteiger partial charge in [-0.15, -0.1) is 11.3 Å². The molecule has 0 bridgehead atoms. The van der Waals surface area contributed by atoms with Crippen molar-refractivity contribution in [3.8, 4) is 17.0 Å². The van der Waals surface area contributed by atoms with E-state index in [2.05, 4.69) is 11.1 Å². The fourth-order valence-electron chi connectivity index (χ4n) is 1.85. The Kier molecular flexibility index (Phi) is 3.68. The third-order valence-corrected chi connectivity index (χ3v) is 3.92. The molecule has 0 aliphatic carbocycles. The third kappa shape index (κ3) is 2.40. The van der Waals surface area contributed by atoms with Crippen LogP contribution in [0.1, 0.15) is 28.5 Å². The molecule has 96 valence electrons. The lowest BCUT2D eigenvalue weighted by atomic mass is 10.1. The van der Waals surface area contributed by atoms with Gasteiger partial charge < -0.3 is 9.84 Å². The van der Waals surface area contributed by atoms with Crippen LogP contribution in [0.5, 0.6) is 5.75 Å². The van der Waals surface area contributed by atoms with E-state index in [1.54, 1.807) is 14.0 Å². The van der Waals surface area contributed by atoms with E-state index >= 15 is 0 Å². The first kappa shape index (κ1) is 13.1. The SMILES string of the molecule is COc1ccc(C)cc1-c1nc(C(C)O)sc1C. The number of aryl methyl sites for hydroxylation is 2. The molecule has 1 unspecified atom stereocenters. The van der Waals surface area contributed by atoms with Gasteiger partial charge in [-0.25, -0.2) is 4.98 Å². The van der Waals surface area contributed by atoms with E-state index < -0.39 is 6.10 Å². The van der Waals surface area contributed by atoms with Gasteiger partial charge in [0.25, 0.3) is 0 Å². The van der Waals surface area contributed by atoms with Crippen LogP contribution >= 0.6 is 11.3 Å². The molecule has 1 aromatic heterocycles. The molecule has 18 heavy (non-hydrogen) atoms. The predicted molar refractivity (Wildman–Crippen MR) is 74.2 cm³/mol. The number of aliphatic hydroxyl groups excluding tert-OH is 1. The van der Waals surface area contributed by atoms with E-state index in [4.69, 9.17) is 4.74 Å². The number of rotatable bonds is 3. The van der Waals surface area contributed by atoms with Gasteiger partial charge in [-0.2, -0.15) is 0 Å². The van der Waals surface area contributed by atoms with Crippen LogP contribution in [-0.4, -0.2) is 17.2 Å². The van der Waals surface area contributed by atoms with Gasteiger partial charge in [-0.1, -0.05) is 11.6 Å².